The second kappa shape index (κ2) is 5.16. The molecule has 0 bridgehead atoms. The van der Waals surface area contributed by atoms with Gasteiger partial charge in [-0.2, -0.15) is 0 Å². The van der Waals surface area contributed by atoms with E-state index in [1.807, 2.05) is 6.92 Å². The van der Waals surface area contributed by atoms with Crippen molar-refractivity contribution in [1.82, 2.24) is 10.2 Å². The average Bonchev–Trinajstić information content (AvgIpc) is 3.07. The predicted octanol–water partition coefficient (Wildman–Crippen LogP) is 1.68. The molecule has 1 saturated carbocycles. The molecule has 5 heteroatoms. The van der Waals surface area contributed by atoms with Crippen molar-refractivity contribution in [2.24, 2.45) is 11.8 Å². The summed E-state index contributed by atoms with van der Waals surface area (Å²) in [6, 6.07) is -0.598. The van der Waals surface area contributed by atoms with Crippen molar-refractivity contribution in [1.29, 1.82) is 0 Å². The van der Waals surface area contributed by atoms with Crippen molar-refractivity contribution < 1.29 is 14.7 Å². The number of carboxylic acid groups (broad SMARTS) is 1. The van der Waals surface area contributed by atoms with E-state index in [0.717, 1.165) is 19.3 Å². The zero-order valence-electron chi connectivity index (χ0n) is 11.1. The van der Waals surface area contributed by atoms with Crippen LogP contribution in [0, 0.1) is 11.8 Å². The molecule has 1 saturated heterocycles. The molecule has 4 atom stereocenters. The highest BCUT2D eigenvalue weighted by Gasteiger charge is 2.40. The average molecular weight is 254 g/mol. The van der Waals surface area contributed by atoms with Gasteiger partial charge < -0.3 is 15.3 Å². The number of amides is 2. The topological polar surface area (TPSA) is 69.6 Å². The van der Waals surface area contributed by atoms with Crippen molar-refractivity contribution in [2.75, 3.05) is 6.54 Å². The van der Waals surface area contributed by atoms with Crippen LogP contribution < -0.4 is 5.32 Å². The Hall–Kier alpha value is -1.26. The SMILES string of the molecule is CCC1CC1NC(=O)N1CCC(C)CC1C(=O)O. The normalized spacial score (nSPS) is 35.1. The number of carbonyl (C=O) groups is 2. The van der Waals surface area contributed by atoms with Crippen molar-refractivity contribution >= 4 is 12.0 Å². The minimum absolute atomic E-state index is 0.199. The Kier molecular flexibility index (Phi) is 3.78. The second-order valence-corrected chi connectivity index (χ2v) is 5.64. The molecular weight excluding hydrogens is 232 g/mol. The summed E-state index contributed by atoms with van der Waals surface area (Å²) in [4.78, 5) is 24.8. The van der Waals surface area contributed by atoms with Gasteiger partial charge in [-0.3, -0.25) is 0 Å². The van der Waals surface area contributed by atoms with Gasteiger partial charge in [-0.15, -0.1) is 0 Å². The van der Waals surface area contributed by atoms with Gasteiger partial charge in [-0.25, -0.2) is 9.59 Å². The van der Waals surface area contributed by atoms with Crippen LogP contribution in [0.2, 0.25) is 0 Å². The molecule has 2 aliphatic rings. The van der Waals surface area contributed by atoms with Crippen LogP contribution in [0.3, 0.4) is 0 Å². The number of urea groups is 1. The van der Waals surface area contributed by atoms with Crippen LogP contribution >= 0.6 is 0 Å². The minimum atomic E-state index is -0.889. The summed E-state index contributed by atoms with van der Waals surface area (Å²) in [5.74, 6) is 0.0694. The van der Waals surface area contributed by atoms with Crippen molar-refractivity contribution in [3.05, 3.63) is 0 Å². The minimum Gasteiger partial charge on any atom is -0.480 e. The molecule has 0 aromatic rings. The number of nitrogens with one attached hydrogen (secondary N) is 1. The smallest absolute Gasteiger partial charge is 0.326 e. The van der Waals surface area contributed by atoms with Gasteiger partial charge in [-0.05, 0) is 31.1 Å². The van der Waals surface area contributed by atoms with Crippen LogP contribution in [0.4, 0.5) is 4.79 Å². The lowest BCUT2D eigenvalue weighted by Crippen LogP contribution is -2.53. The molecule has 2 N–H and O–H groups in total. The Morgan fingerprint density at radius 3 is 2.67 bits per heavy atom. The zero-order chi connectivity index (χ0) is 13.3. The van der Waals surface area contributed by atoms with Crippen LogP contribution in [0.25, 0.3) is 0 Å². The number of piperidine rings is 1. The molecule has 1 aliphatic heterocycles. The number of carboxylic acids is 1. The summed E-state index contributed by atoms with van der Waals surface area (Å²) in [5, 5.41) is 12.1. The molecule has 1 aliphatic carbocycles. The van der Waals surface area contributed by atoms with Gasteiger partial charge in [0, 0.05) is 12.6 Å². The Morgan fingerprint density at radius 2 is 2.11 bits per heavy atom. The van der Waals surface area contributed by atoms with Gasteiger partial charge in [0.15, 0.2) is 0 Å². The lowest BCUT2D eigenvalue weighted by atomic mass is 9.93. The molecule has 102 valence electrons. The third kappa shape index (κ3) is 2.76. The largest absolute Gasteiger partial charge is 0.480 e. The molecule has 0 aromatic carbocycles. The molecule has 1 heterocycles. The van der Waals surface area contributed by atoms with Gasteiger partial charge in [0.1, 0.15) is 6.04 Å². The molecule has 0 aromatic heterocycles. The third-order valence-electron chi connectivity index (χ3n) is 4.17. The molecule has 2 amide bonds. The van der Waals surface area contributed by atoms with Crippen LogP contribution in [-0.4, -0.2) is 40.6 Å². The highest BCUT2D eigenvalue weighted by molar-refractivity contribution is 5.83. The van der Waals surface area contributed by atoms with E-state index in [0.29, 0.717) is 24.8 Å². The lowest BCUT2D eigenvalue weighted by Gasteiger charge is -2.36. The Balaban J connectivity index is 1.93. The first kappa shape index (κ1) is 13.2. The number of likely N-dealkylation sites (tertiary alicyclic amines) is 1. The van der Waals surface area contributed by atoms with E-state index in [2.05, 4.69) is 12.2 Å². The summed E-state index contributed by atoms with van der Waals surface area (Å²) < 4.78 is 0. The van der Waals surface area contributed by atoms with Crippen molar-refractivity contribution in [3.8, 4) is 0 Å². The molecule has 5 nitrogen and oxygen atoms in total. The fourth-order valence-electron chi connectivity index (χ4n) is 2.74. The number of aliphatic carboxylic acids is 1. The highest BCUT2D eigenvalue weighted by Crippen LogP contribution is 2.33. The fourth-order valence-corrected chi connectivity index (χ4v) is 2.74. The first-order chi connectivity index (χ1) is 8.52. The van der Waals surface area contributed by atoms with E-state index in [-0.39, 0.29) is 12.1 Å². The van der Waals surface area contributed by atoms with Gasteiger partial charge in [-0.1, -0.05) is 20.3 Å². The van der Waals surface area contributed by atoms with E-state index >= 15 is 0 Å². The van der Waals surface area contributed by atoms with Gasteiger partial charge in [0.05, 0.1) is 0 Å². The molecule has 2 fully saturated rings. The van der Waals surface area contributed by atoms with Crippen LogP contribution in [0.5, 0.6) is 0 Å². The molecule has 0 radical (unpaired) electrons. The predicted molar refractivity (Wildman–Crippen MR) is 67.2 cm³/mol. The van der Waals surface area contributed by atoms with Crippen molar-refractivity contribution in [2.45, 2.75) is 51.6 Å². The standard InChI is InChI=1S/C13H22N2O3/c1-3-9-7-10(9)14-13(18)15-5-4-8(2)6-11(15)12(16)17/h8-11H,3-7H2,1-2H3,(H,14,18)(H,16,17). The maximum absolute atomic E-state index is 12.1. The summed E-state index contributed by atoms with van der Waals surface area (Å²) in [7, 11) is 0. The molecule has 18 heavy (non-hydrogen) atoms. The van der Waals surface area contributed by atoms with E-state index in [4.69, 9.17) is 0 Å². The summed E-state index contributed by atoms with van der Waals surface area (Å²) in [5.41, 5.74) is 0. The number of rotatable bonds is 3. The summed E-state index contributed by atoms with van der Waals surface area (Å²) in [6.45, 7) is 4.70. The maximum atomic E-state index is 12.1. The van der Waals surface area contributed by atoms with Crippen LogP contribution in [0.1, 0.15) is 39.5 Å². The number of hydrogen-bond donors (Lipinski definition) is 2. The van der Waals surface area contributed by atoms with Gasteiger partial charge in [0.2, 0.25) is 0 Å². The fraction of sp³-hybridized carbons (Fsp3) is 0.846. The van der Waals surface area contributed by atoms with Crippen molar-refractivity contribution in [3.63, 3.8) is 0 Å². The summed E-state index contributed by atoms with van der Waals surface area (Å²) in [6.07, 6.45) is 3.55. The number of nitrogens with zero attached hydrogens (tertiary/aromatic N) is 1. The van der Waals surface area contributed by atoms with Crippen LogP contribution in [-0.2, 0) is 4.79 Å². The van der Waals surface area contributed by atoms with E-state index < -0.39 is 12.0 Å². The summed E-state index contributed by atoms with van der Waals surface area (Å²) >= 11 is 0. The first-order valence-corrected chi connectivity index (χ1v) is 6.82. The number of hydrogen-bond acceptors (Lipinski definition) is 2. The van der Waals surface area contributed by atoms with Gasteiger partial charge >= 0.3 is 12.0 Å². The van der Waals surface area contributed by atoms with E-state index in [1.165, 1.54) is 4.90 Å². The van der Waals surface area contributed by atoms with Crippen LogP contribution in [0.15, 0.2) is 0 Å². The lowest BCUT2D eigenvalue weighted by molar-refractivity contribution is -0.143. The van der Waals surface area contributed by atoms with E-state index in [9.17, 15) is 14.7 Å². The molecule has 0 spiro atoms. The Bertz CT molecular complexity index is 345. The Labute approximate surface area is 108 Å². The monoisotopic (exact) mass is 254 g/mol. The quantitative estimate of drug-likeness (QED) is 0.805. The molecular formula is C13H22N2O3. The van der Waals surface area contributed by atoms with Gasteiger partial charge in [0.25, 0.3) is 0 Å². The number of carbonyl (C=O) groups excluding carboxylic acids is 1. The van der Waals surface area contributed by atoms with E-state index in [1.54, 1.807) is 0 Å². The Morgan fingerprint density at radius 1 is 1.39 bits per heavy atom. The maximum Gasteiger partial charge on any atom is 0.326 e. The highest BCUT2D eigenvalue weighted by atomic mass is 16.4. The third-order valence-corrected chi connectivity index (χ3v) is 4.17. The molecule has 4 unspecified atom stereocenters. The molecule has 2 rings (SSSR count). The first-order valence-electron chi connectivity index (χ1n) is 6.82. The second-order valence-electron chi connectivity index (χ2n) is 5.64. The zero-order valence-corrected chi connectivity index (χ0v) is 11.1.